The van der Waals surface area contributed by atoms with Crippen molar-refractivity contribution in [3.05, 3.63) is 48.0 Å². The van der Waals surface area contributed by atoms with Crippen LogP contribution in [0.15, 0.2) is 36.9 Å². The molecule has 0 amide bonds. The molecular weight excluding hydrogens is 292 g/mol. The van der Waals surface area contributed by atoms with Crippen LogP contribution in [0.25, 0.3) is 0 Å². The number of rotatable bonds is 7. The normalized spacial score (nSPS) is 30.4. The van der Waals surface area contributed by atoms with Crippen molar-refractivity contribution in [3.63, 3.8) is 0 Å². The molecule has 1 aromatic carbocycles. The molecule has 1 saturated heterocycles. The minimum Gasteiger partial charge on any atom is -0.370 e. The van der Waals surface area contributed by atoms with E-state index in [9.17, 15) is 0 Å². The SMILES string of the molecule is C=CC1CCC(CCc2ccc(C3CCC(CCC)O3)cc2)CC1. The fourth-order valence-electron chi connectivity index (χ4n) is 4.47. The molecule has 1 nitrogen and oxygen atoms in total. The van der Waals surface area contributed by atoms with Crippen LogP contribution in [0.5, 0.6) is 0 Å². The first-order valence-corrected chi connectivity index (χ1v) is 10.1. The van der Waals surface area contributed by atoms with E-state index in [4.69, 9.17) is 4.74 Å². The largest absolute Gasteiger partial charge is 0.370 e. The van der Waals surface area contributed by atoms with Gasteiger partial charge >= 0.3 is 0 Å². The highest BCUT2D eigenvalue weighted by Gasteiger charge is 2.25. The van der Waals surface area contributed by atoms with Gasteiger partial charge in [-0.2, -0.15) is 0 Å². The molecule has 2 unspecified atom stereocenters. The van der Waals surface area contributed by atoms with Crippen molar-refractivity contribution >= 4 is 0 Å². The van der Waals surface area contributed by atoms with Crippen molar-refractivity contribution in [3.8, 4) is 0 Å². The van der Waals surface area contributed by atoms with Crippen molar-refractivity contribution in [2.75, 3.05) is 0 Å². The Morgan fingerprint density at radius 3 is 2.42 bits per heavy atom. The lowest BCUT2D eigenvalue weighted by Crippen LogP contribution is -2.13. The van der Waals surface area contributed by atoms with Gasteiger partial charge in [-0.25, -0.2) is 0 Å². The summed E-state index contributed by atoms with van der Waals surface area (Å²) >= 11 is 0. The molecule has 1 saturated carbocycles. The summed E-state index contributed by atoms with van der Waals surface area (Å²) in [6.45, 7) is 6.19. The summed E-state index contributed by atoms with van der Waals surface area (Å²) in [5, 5.41) is 0. The van der Waals surface area contributed by atoms with Crippen LogP contribution in [0.1, 0.15) is 81.9 Å². The van der Waals surface area contributed by atoms with Gasteiger partial charge in [-0.3, -0.25) is 0 Å². The predicted molar refractivity (Wildman–Crippen MR) is 102 cm³/mol. The molecule has 1 heterocycles. The van der Waals surface area contributed by atoms with Crippen LogP contribution in [0, 0.1) is 11.8 Å². The van der Waals surface area contributed by atoms with E-state index < -0.39 is 0 Å². The van der Waals surface area contributed by atoms with Crippen LogP contribution >= 0.6 is 0 Å². The van der Waals surface area contributed by atoms with E-state index in [1.165, 1.54) is 75.3 Å². The van der Waals surface area contributed by atoms with Crippen molar-refractivity contribution in [2.24, 2.45) is 11.8 Å². The van der Waals surface area contributed by atoms with Crippen LogP contribution in [-0.4, -0.2) is 6.10 Å². The number of hydrogen-bond donors (Lipinski definition) is 0. The topological polar surface area (TPSA) is 9.23 Å². The fraction of sp³-hybridized carbons (Fsp3) is 0.652. The van der Waals surface area contributed by atoms with Crippen molar-refractivity contribution in [2.45, 2.75) is 83.3 Å². The second-order valence-electron chi connectivity index (χ2n) is 7.91. The first kappa shape index (κ1) is 17.7. The number of allylic oxidation sites excluding steroid dienone is 1. The van der Waals surface area contributed by atoms with Crippen molar-refractivity contribution < 1.29 is 4.74 Å². The smallest absolute Gasteiger partial charge is 0.0829 e. The van der Waals surface area contributed by atoms with Gasteiger partial charge in [0.1, 0.15) is 0 Å². The van der Waals surface area contributed by atoms with E-state index in [1.807, 2.05) is 0 Å². The van der Waals surface area contributed by atoms with Gasteiger partial charge in [0.05, 0.1) is 12.2 Å². The van der Waals surface area contributed by atoms with Gasteiger partial charge in [0.25, 0.3) is 0 Å². The molecule has 1 aliphatic heterocycles. The Morgan fingerprint density at radius 1 is 1.00 bits per heavy atom. The van der Waals surface area contributed by atoms with Crippen molar-refractivity contribution in [1.29, 1.82) is 0 Å². The van der Waals surface area contributed by atoms with E-state index in [-0.39, 0.29) is 0 Å². The first-order valence-electron chi connectivity index (χ1n) is 10.1. The predicted octanol–water partition coefficient (Wildman–Crippen LogP) is 6.63. The second-order valence-corrected chi connectivity index (χ2v) is 7.91. The van der Waals surface area contributed by atoms with Gasteiger partial charge in [0, 0.05) is 0 Å². The molecule has 24 heavy (non-hydrogen) atoms. The summed E-state index contributed by atoms with van der Waals surface area (Å²) in [6, 6.07) is 9.29. The molecule has 1 heteroatoms. The Balaban J connectivity index is 1.44. The highest BCUT2D eigenvalue weighted by atomic mass is 16.5. The number of ether oxygens (including phenoxy) is 1. The zero-order valence-electron chi connectivity index (χ0n) is 15.4. The molecule has 0 N–H and O–H groups in total. The third-order valence-electron chi connectivity index (χ3n) is 6.14. The summed E-state index contributed by atoms with van der Waals surface area (Å²) in [4.78, 5) is 0. The summed E-state index contributed by atoms with van der Waals surface area (Å²) in [5.41, 5.74) is 2.87. The summed E-state index contributed by atoms with van der Waals surface area (Å²) in [6.07, 6.45) is 15.9. The minimum atomic E-state index is 0.338. The maximum Gasteiger partial charge on any atom is 0.0829 e. The molecule has 1 aliphatic carbocycles. The highest BCUT2D eigenvalue weighted by molar-refractivity contribution is 5.25. The molecule has 1 aromatic rings. The number of aryl methyl sites for hydroxylation is 1. The lowest BCUT2D eigenvalue weighted by atomic mass is 9.79. The van der Waals surface area contributed by atoms with Crippen LogP contribution in [-0.2, 0) is 11.2 Å². The van der Waals surface area contributed by atoms with Gasteiger partial charge in [0.2, 0.25) is 0 Å². The van der Waals surface area contributed by atoms with Crippen LogP contribution in [0.4, 0.5) is 0 Å². The molecule has 0 spiro atoms. The zero-order valence-corrected chi connectivity index (χ0v) is 15.4. The molecule has 2 aliphatic rings. The molecule has 0 bridgehead atoms. The lowest BCUT2D eigenvalue weighted by molar-refractivity contribution is 0.0396. The van der Waals surface area contributed by atoms with Gasteiger partial charge in [-0.1, -0.05) is 43.7 Å². The lowest BCUT2D eigenvalue weighted by Gasteiger charge is -2.26. The maximum atomic E-state index is 6.20. The second kappa shape index (κ2) is 8.85. The Morgan fingerprint density at radius 2 is 1.75 bits per heavy atom. The van der Waals surface area contributed by atoms with E-state index in [2.05, 4.69) is 43.8 Å². The standard InChI is InChI=1S/C23H34O/c1-3-5-22-16-17-23(24-22)21-14-12-20(13-15-21)11-10-19-8-6-18(4-2)7-9-19/h4,12-15,18-19,22-23H,2-3,5-11,16-17H2,1H3. The van der Waals surface area contributed by atoms with Gasteiger partial charge < -0.3 is 4.74 Å². The zero-order chi connectivity index (χ0) is 16.8. The van der Waals surface area contributed by atoms with E-state index in [1.54, 1.807) is 0 Å². The Labute approximate surface area is 148 Å². The van der Waals surface area contributed by atoms with Crippen LogP contribution in [0.3, 0.4) is 0 Å². The summed E-state index contributed by atoms with van der Waals surface area (Å²) in [5.74, 6) is 1.71. The quantitative estimate of drug-likeness (QED) is 0.511. The van der Waals surface area contributed by atoms with Crippen molar-refractivity contribution in [1.82, 2.24) is 0 Å². The van der Waals surface area contributed by atoms with E-state index in [0.717, 1.165) is 11.8 Å². The first-order chi connectivity index (χ1) is 11.8. The highest BCUT2D eigenvalue weighted by Crippen LogP contribution is 2.35. The van der Waals surface area contributed by atoms with Crippen LogP contribution < -0.4 is 0 Å². The van der Waals surface area contributed by atoms with E-state index >= 15 is 0 Å². The average molecular weight is 327 g/mol. The van der Waals surface area contributed by atoms with Crippen LogP contribution in [0.2, 0.25) is 0 Å². The average Bonchev–Trinajstić information content (AvgIpc) is 3.10. The fourth-order valence-corrected chi connectivity index (χ4v) is 4.47. The monoisotopic (exact) mass is 326 g/mol. The Bertz CT molecular complexity index is 495. The molecule has 3 rings (SSSR count). The molecule has 132 valence electrons. The van der Waals surface area contributed by atoms with Gasteiger partial charge in [-0.15, -0.1) is 6.58 Å². The summed E-state index contributed by atoms with van der Waals surface area (Å²) in [7, 11) is 0. The maximum absolute atomic E-state index is 6.20. The number of hydrogen-bond acceptors (Lipinski definition) is 1. The van der Waals surface area contributed by atoms with Gasteiger partial charge in [0.15, 0.2) is 0 Å². The molecule has 0 aromatic heterocycles. The third-order valence-corrected chi connectivity index (χ3v) is 6.14. The number of benzene rings is 1. The molecule has 0 radical (unpaired) electrons. The molecular formula is C23H34O. The van der Waals surface area contributed by atoms with Gasteiger partial charge in [-0.05, 0) is 80.8 Å². The molecule has 2 fully saturated rings. The van der Waals surface area contributed by atoms with E-state index in [0.29, 0.717) is 12.2 Å². The summed E-state index contributed by atoms with van der Waals surface area (Å²) < 4.78 is 6.20. The Kier molecular flexibility index (Phi) is 6.54. The Hall–Kier alpha value is -1.08. The third kappa shape index (κ3) is 4.72. The molecule has 2 atom stereocenters. The minimum absolute atomic E-state index is 0.338.